The molecule has 1 aromatic rings. The normalized spacial score (nSPS) is 24.5. The monoisotopic (exact) mass is 480 g/mol. The molecule has 0 radical (unpaired) electrons. The molecule has 0 aromatic heterocycles. The van der Waals surface area contributed by atoms with Crippen LogP contribution in [0.1, 0.15) is 58.3 Å². The summed E-state index contributed by atoms with van der Waals surface area (Å²) in [6.45, 7) is 4.71. The summed E-state index contributed by atoms with van der Waals surface area (Å²) in [5, 5.41) is 0.464. The molecule has 0 spiro atoms. The second-order valence-electron chi connectivity index (χ2n) is 9.76. The van der Waals surface area contributed by atoms with Crippen LogP contribution in [0.3, 0.4) is 0 Å². The second kappa shape index (κ2) is 9.34. The number of amides is 2. The number of nitrogens with zero attached hydrogens (tertiary/aromatic N) is 2. The Kier molecular flexibility index (Phi) is 6.87. The average Bonchev–Trinajstić information content (AvgIpc) is 3.30. The molecule has 32 heavy (non-hydrogen) atoms. The van der Waals surface area contributed by atoms with Gasteiger partial charge in [0.2, 0.25) is 11.8 Å². The van der Waals surface area contributed by atoms with Crippen LogP contribution < -0.4 is 0 Å². The van der Waals surface area contributed by atoms with Crippen molar-refractivity contribution in [3.8, 4) is 0 Å². The van der Waals surface area contributed by atoms with Gasteiger partial charge in [-0.3, -0.25) is 9.59 Å². The Morgan fingerprint density at radius 2 is 1.56 bits per heavy atom. The van der Waals surface area contributed by atoms with Crippen LogP contribution in [0.15, 0.2) is 29.2 Å². The summed E-state index contributed by atoms with van der Waals surface area (Å²) < 4.78 is 25.8. The third-order valence-electron chi connectivity index (χ3n) is 7.54. The Morgan fingerprint density at radius 1 is 0.938 bits per heavy atom. The number of rotatable bonds is 4. The predicted molar refractivity (Wildman–Crippen MR) is 124 cm³/mol. The molecule has 2 heterocycles. The first-order valence-corrected chi connectivity index (χ1v) is 13.7. The Bertz CT molecular complexity index is 949. The quantitative estimate of drug-likeness (QED) is 0.654. The molecule has 0 N–H and O–H groups in total. The largest absolute Gasteiger partial charge is 0.342 e. The van der Waals surface area contributed by atoms with Gasteiger partial charge in [-0.25, -0.2) is 8.42 Å². The SMILES string of the molecule is CC1CCCN(C(=O)C2CCN(C(=O)C3(S(=O)(=O)c4ccc(Cl)cc4)CCCC3)CC2)C1. The molecule has 0 bridgehead atoms. The predicted octanol–water partition coefficient (Wildman–Crippen LogP) is 3.92. The van der Waals surface area contributed by atoms with Crippen molar-refractivity contribution >= 4 is 33.3 Å². The molecular weight excluding hydrogens is 448 g/mol. The third kappa shape index (κ3) is 4.30. The molecular formula is C24H33ClN2O4S. The summed E-state index contributed by atoms with van der Waals surface area (Å²) >= 11 is 5.94. The van der Waals surface area contributed by atoms with Gasteiger partial charge in [-0.15, -0.1) is 0 Å². The highest BCUT2D eigenvalue weighted by Gasteiger charge is 2.54. The van der Waals surface area contributed by atoms with Crippen LogP contribution in [0.5, 0.6) is 0 Å². The maximum atomic E-state index is 13.7. The molecule has 1 unspecified atom stereocenters. The fraction of sp³-hybridized carbons (Fsp3) is 0.667. The van der Waals surface area contributed by atoms with Gasteiger partial charge in [-0.2, -0.15) is 0 Å². The van der Waals surface area contributed by atoms with Crippen molar-refractivity contribution in [1.29, 1.82) is 0 Å². The smallest absolute Gasteiger partial charge is 0.244 e. The summed E-state index contributed by atoms with van der Waals surface area (Å²) in [7, 11) is -3.84. The number of sulfone groups is 1. The lowest BCUT2D eigenvalue weighted by atomic mass is 9.92. The van der Waals surface area contributed by atoms with Crippen LogP contribution in [0, 0.1) is 11.8 Å². The van der Waals surface area contributed by atoms with E-state index in [2.05, 4.69) is 6.92 Å². The molecule has 8 heteroatoms. The van der Waals surface area contributed by atoms with Crippen molar-refractivity contribution in [2.45, 2.75) is 67.9 Å². The van der Waals surface area contributed by atoms with Gasteiger partial charge >= 0.3 is 0 Å². The molecule has 2 amide bonds. The van der Waals surface area contributed by atoms with Crippen molar-refractivity contribution in [2.24, 2.45) is 11.8 Å². The molecule has 2 saturated heterocycles. The van der Waals surface area contributed by atoms with Gasteiger partial charge in [0.15, 0.2) is 14.6 Å². The number of benzene rings is 1. The molecule has 176 valence electrons. The topological polar surface area (TPSA) is 74.8 Å². The van der Waals surface area contributed by atoms with Crippen LogP contribution >= 0.6 is 11.6 Å². The van der Waals surface area contributed by atoms with Gasteiger partial charge in [0.05, 0.1) is 4.90 Å². The van der Waals surface area contributed by atoms with E-state index in [0.717, 1.165) is 32.4 Å². The van der Waals surface area contributed by atoms with E-state index in [4.69, 9.17) is 11.6 Å². The minimum absolute atomic E-state index is 0.0725. The molecule has 6 nitrogen and oxygen atoms in total. The summed E-state index contributed by atoms with van der Waals surface area (Å²) in [6.07, 6.45) is 5.57. The maximum Gasteiger partial charge on any atom is 0.244 e. The lowest BCUT2D eigenvalue weighted by Crippen LogP contribution is -2.55. The molecule has 4 rings (SSSR count). The lowest BCUT2D eigenvalue weighted by Gasteiger charge is -2.39. The van der Waals surface area contributed by atoms with E-state index in [-0.39, 0.29) is 22.6 Å². The average molecular weight is 481 g/mol. The highest BCUT2D eigenvalue weighted by molar-refractivity contribution is 7.93. The summed E-state index contributed by atoms with van der Waals surface area (Å²) in [4.78, 5) is 30.5. The van der Waals surface area contributed by atoms with Gasteiger partial charge in [-0.05, 0) is 68.7 Å². The first kappa shape index (κ1) is 23.6. The van der Waals surface area contributed by atoms with Gasteiger partial charge in [0.25, 0.3) is 0 Å². The van der Waals surface area contributed by atoms with Crippen molar-refractivity contribution in [2.75, 3.05) is 26.2 Å². The van der Waals surface area contributed by atoms with Crippen LogP contribution in [0.25, 0.3) is 0 Å². The summed E-state index contributed by atoms with van der Waals surface area (Å²) in [6, 6.07) is 6.10. The first-order valence-electron chi connectivity index (χ1n) is 11.8. The number of carbonyl (C=O) groups excluding carboxylic acids is 2. The number of hydrogen-bond donors (Lipinski definition) is 0. The van der Waals surface area contributed by atoms with E-state index in [1.165, 1.54) is 18.6 Å². The minimum atomic E-state index is -3.84. The Labute approximate surface area is 196 Å². The number of halogens is 1. The minimum Gasteiger partial charge on any atom is -0.342 e. The van der Waals surface area contributed by atoms with Crippen molar-refractivity contribution in [3.63, 3.8) is 0 Å². The maximum absolute atomic E-state index is 13.7. The van der Waals surface area contributed by atoms with Crippen molar-refractivity contribution in [1.82, 2.24) is 9.80 Å². The standard InChI is InChI=1S/C24H33ClN2O4S/c1-18-5-4-14-27(17-18)22(28)19-10-15-26(16-11-19)23(29)24(12-2-3-13-24)32(30,31)21-8-6-20(25)7-9-21/h6-9,18-19H,2-5,10-17H2,1H3. The summed E-state index contributed by atoms with van der Waals surface area (Å²) in [5.74, 6) is 0.377. The van der Waals surface area contributed by atoms with E-state index in [1.807, 2.05) is 4.90 Å². The highest BCUT2D eigenvalue weighted by atomic mass is 35.5. The van der Waals surface area contributed by atoms with Crippen molar-refractivity contribution in [3.05, 3.63) is 29.3 Å². The van der Waals surface area contributed by atoms with Crippen LogP contribution in [-0.4, -0.2) is 61.0 Å². The Hall–Kier alpha value is -1.60. The van der Waals surface area contributed by atoms with Gasteiger partial charge in [0.1, 0.15) is 0 Å². The van der Waals surface area contributed by atoms with Gasteiger partial charge in [-0.1, -0.05) is 31.4 Å². The Balaban J connectivity index is 1.47. The number of hydrogen-bond acceptors (Lipinski definition) is 4. The second-order valence-corrected chi connectivity index (χ2v) is 12.5. The molecule has 3 aliphatic rings. The van der Waals surface area contributed by atoms with Crippen LogP contribution in [0.2, 0.25) is 5.02 Å². The van der Waals surface area contributed by atoms with E-state index in [9.17, 15) is 18.0 Å². The zero-order valence-electron chi connectivity index (χ0n) is 18.8. The van der Waals surface area contributed by atoms with Crippen molar-refractivity contribution < 1.29 is 18.0 Å². The number of piperidine rings is 2. The molecule has 1 aromatic carbocycles. The lowest BCUT2D eigenvalue weighted by molar-refractivity contribution is -0.143. The van der Waals surface area contributed by atoms with E-state index in [0.29, 0.717) is 49.7 Å². The zero-order chi connectivity index (χ0) is 22.9. The van der Waals surface area contributed by atoms with Gasteiger partial charge < -0.3 is 9.80 Å². The van der Waals surface area contributed by atoms with E-state index < -0.39 is 14.6 Å². The molecule has 3 fully saturated rings. The molecule has 1 atom stereocenters. The fourth-order valence-corrected chi connectivity index (χ4v) is 7.91. The van der Waals surface area contributed by atoms with E-state index >= 15 is 0 Å². The van der Waals surface area contributed by atoms with Gasteiger partial charge in [0, 0.05) is 37.1 Å². The summed E-state index contributed by atoms with van der Waals surface area (Å²) in [5.41, 5.74) is 0. The number of carbonyl (C=O) groups is 2. The fourth-order valence-electron chi connectivity index (χ4n) is 5.65. The molecule has 1 aliphatic carbocycles. The molecule has 1 saturated carbocycles. The van der Waals surface area contributed by atoms with E-state index in [1.54, 1.807) is 17.0 Å². The van der Waals surface area contributed by atoms with Crippen LogP contribution in [0.4, 0.5) is 0 Å². The highest BCUT2D eigenvalue weighted by Crippen LogP contribution is 2.42. The Morgan fingerprint density at radius 3 is 2.16 bits per heavy atom. The molecule has 2 aliphatic heterocycles. The number of likely N-dealkylation sites (tertiary alicyclic amines) is 2. The third-order valence-corrected chi connectivity index (χ3v) is 10.3. The zero-order valence-corrected chi connectivity index (χ0v) is 20.3. The first-order chi connectivity index (χ1) is 15.2. The van der Waals surface area contributed by atoms with Crippen LogP contribution in [-0.2, 0) is 19.4 Å².